The number of anilines is 1. The number of aliphatic hydroxyl groups excluding tert-OH is 1. The van der Waals surface area contributed by atoms with E-state index in [0.29, 0.717) is 5.56 Å². The summed E-state index contributed by atoms with van der Waals surface area (Å²) in [6.07, 6.45) is 3.76. The van der Waals surface area contributed by atoms with Crippen LogP contribution in [0.4, 0.5) is 5.69 Å². The maximum Gasteiger partial charge on any atom is 0.250 e. The first-order valence-electron chi connectivity index (χ1n) is 10.7. The fraction of sp³-hybridized carbons (Fsp3) is 0.269. The van der Waals surface area contributed by atoms with Gasteiger partial charge in [0.05, 0.1) is 11.7 Å². The molecule has 31 heavy (non-hydrogen) atoms. The molecule has 0 unspecified atom stereocenters. The number of primary amides is 1. The lowest BCUT2D eigenvalue weighted by Gasteiger charge is -2.28. The molecule has 1 aliphatic rings. The molecule has 3 aromatic carbocycles. The van der Waals surface area contributed by atoms with Crippen molar-refractivity contribution in [3.05, 3.63) is 88.4 Å². The van der Waals surface area contributed by atoms with Crippen LogP contribution in [-0.4, -0.2) is 23.2 Å². The zero-order valence-corrected chi connectivity index (χ0v) is 18.1. The van der Waals surface area contributed by atoms with Gasteiger partial charge in [-0.15, -0.1) is 0 Å². The van der Waals surface area contributed by atoms with Crippen molar-refractivity contribution in [1.82, 2.24) is 0 Å². The second-order valence-corrected chi connectivity index (χ2v) is 8.61. The Morgan fingerprint density at radius 1 is 0.968 bits per heavy atom. The van der Waals surface area contributed by atoms with Crippen molar-refractivity contribution in [2.75, 3.05) is 5.32 Å². The average molecular weight is 435 g/mol. The van der Waals surface area contributed by atoms with Gasteiger partial charge < -0.3 is 16.2 Å². The lowest BCUT2D eigenvalue weighted by atomic mass is 9.91. The second kappa shape index (κ2) is 9.54. The van der Waals surface area contributed by atoms with Gasteiger partial charge >= 0.3 is 0 Å². The molecule has 1 amide bonds. The average Bonchev–Trinajstić information content (AvgIpc) is 2.77. The van der Waals surface area contributed by atoms with Gasteiger partial charge in [-0.1, -0.05) is 60.1 Å². The second-order valence-electron chi connectivity index (χ2n) is 8.20. The molecule has 4 rings (SSSR count). The molecule has 1 saturated carbocycles. The Morgan fingerprint density at radius 2 is 1.65 bits per heavy atom. The highest BCUT2D eigenvalue weighted by atomic mass is 35.5. The highest BCUT2D eigenvalue weighted by Crippen LogP contribution is 2.32. The summed E-state index contributed by atoms with van der Waals surface area (Å²) in [7, 11) is 0. The lowest BCUT2D eigenvalue weighted by molar-refractivity contribution is 0.100. The van der Waals surface area contributed by atoms with E-state index in [-0.39, 0.29) is 12.1 Å². The van der Waals surface area contributed by atoms with Crippen LogP contribution in [0.15, 0.2) is 66.7 Å². The minimum absolute atomic E-state index is 0.218. The zero-order chi connectivity index (χ0) is 21.8. The van der Waals surface area contributed by atoms with Gasteiger partial charge in [-0.2, -0.15) is 0 Å². The molecule has 0 radical (unpaired) electrons. The number of carbonyl (C=O) groups excluding carboxylic acids is 1. The number of hydrogen-bond acceptors (Lipinski definition) is 3. The quantitative estimate of drug-likeness (QED) is 0.485. The van der Waals surface area contributed by atoms with E-state index in [9.17, 15) is 9.90 Å². The Bertz CT molecular complexity index is 1070. The molecule has 0 atom stereocenters. The number of aliphatic hydroxyl groups is 1. The van der Waals surface area contributed by atoms with Crippen molar-refractivity contribution in [2.45, 2.75) is 44.2 Å². The molecule has 0 spiro atoms. The van der Waals surface area contributed by atoms with Gasteiger partial charge in [-0.25, -0.2) is 0 Å². The minimum Gasteiger partial charge on any atom is -0.393 e. The summed E-state index contributed by atoms with van der Waals surface area (Å²) < 4.78 is 0. The number of benzene rings is 3. The van der Waals surface area contributed by atoms with Crippen molar-refractivity contribution in [3.8, 4) is 11.1 Å². The molecule has 0 aliphatic heterocycles. The van der Waals surface area contributed by atoms with Crippen LogP contribution >= 0.6 is 11.6 Å². The Kier molecular flexibility index (Phi) is 6.59. The summed E-state index contributed by atoms with van der Waals surface area (Å²) in [5, 5.41) is 14.0. The van der Waals surface area contributed by atoms with Crippen molar-refractivity contribution in [3.63, 3.8) is 0 Å². The van der Waals surface area contributed by atoms with E-state index in [1.54, 1.807) is 6.07 Å². The molecule has 1 aliphatic carbocycles. The molecular formula is C26H27ClN2O2. The number of rotatable bonds is 6. The molecule has 0 aromatic heterocycles. The van der Waals surface area contributed by atoms with Crippen LogP contribution in [0.25, 0.3) is 11.1 Å². The Hall–Kier alpha value is -2.82. The number of nitrogens with one attached hydrogen (secondary N) is 1. The first-order chi connectivity index (χ1) is 15.0. The first-order valence-corrected chi connectivity index (χ1v) is 11.1. The van der Waals surface area contributed by atoms with Crippen LogP contribution in [0.2, 0.25) is 5.02 Å². The van der Waals surface area contributed by atoms with E-state index in [0.717, 1.165) is 65.1 Å². The van der Waals surface area contributed by atoms with Crippen LogP contribution < -0.4 is 11.1 Å². The SMILES string of the molecule is NC(=O)c1ccc(-c2ccccc2Cc2ccccc2Cl)cc1N[C@H]1CC[C@H](O)CC1. The maximum absolute atomic E-state index is 12.0. The molecule has 3 aromatic rings. The molecule has 160 valence electrons. The predicted octanol–water partition coefficient (Wildman–Crippen LogP) is 5.41. The third-order valence-corrected chi connectivity index (χ3v) is 6.38. The fourth-order valence-corrected chi connectivity index (χ4v) is 4.49. The third-order valence-electron chi connectivity index (χ3n) is 6.01. The highest BCUT2D eigenvalue weighted by Gasteiger charge is 2.21. The smallest absolute Gasteiger partial charge is 0.250 e. The molecule has 1 fully saturated rings. The van der Waals surface area contributed by atoms with Gasteiger partial charge in [-0.3, -0.25) is 4.79 Å². The van der Waals surface area contributed by atoms with E-state index in [4.69, 9.17) is 17.3 Å². The Labute approximate surface area is 188 Å². The highest BCUT2D eigenvalue weighted by molar-refractivity contribution is 6.31. The first kappa shape index (κ1) is 21.4. The number of halogens is 1. The summed E-state index contributed by atoms with van der Waals surface area (Å²) in [4.78, 5) is 12.0. The monoisotopic (exact) mass is 434 g/mol. The number of carbonyl (C=O) groups is 1. The van der Waals surface area contributed by atoms with Crippen molar-refractivity contribution < 1.29 is 9.90 Å². The fourth-order valence-electron chi connectivity index (χ4n) is 4.29. The van der Waals surface area contributed by atoms with Crippen molar-refractivity contribution in [1.29, 1.82) is 0 Å². The van der Waals surface area contributed by atoms with Gasteiger partial charge in [0.2, 0.25) is 0 Å². The molecule has 0 saturated heterocycles. The number of hydrogen-bond donors (Lipinski definition) is 3. The summed E-state index contributed by atoms with van der Waals surface area (Å²) in [5.41, 5.74) is 11.2. The normalized spacial score (nSPS) is 18.5. The summed E-state index contributed by atoms with van der Waals surface area (Å²) in [6.45, 7) is 0. The standard InChI is InChI=1S/C26H27ClN2O2/c27-24-8-4-2-6-19(24)15-17-5-1-3-7-22(17)18-9-14-23(26(28)31)25(16-18)29-20-10-12-21(30)13-11-20/h1-9,14,16,20-21,29-30H,10-13,15H2,(H2,28,31)/t20-,21-. The van der Waals surface area contributed by atoms with Gasteiger partial charge in [0.15, 0.2) is 0 Å². The number of amides is 1. The molecule has 4 nitrogen and oxygen atoms in total. The van der Waals surface area contributed by atoms with E-state index >= 15 is 0 Å². The summed E-state index contributed by atoms with van der Waals surface area (Å²) >= 11 is 6.39. The third kappa shape index (κ3) is 5.09. The number of nitrogens with two attached hydrogens (primary N) is 1. The van der Waals surface area contributed by atoms with E-state index < -0.39 is 5.91 Å². The minimum atomic E-state index is -0.450. The largest absolute Gasteiger partial charge is 0.393 e. The van der Waals surface area contributed by atoms with Crippen LogP contribution in [0, 0.1) is 0 Å². The molecule has 5 heteroatoms. The topological polar surface area (TPSA) is 75.4 Å². The molecule has 0 heterocycles. The van der Waals surface area contributed by atoms with Gasteiger partial charge in [0, 0.05) is 16.8 Å². The van der Waals surface area contributed by atoms with Crippen LogP contribution in [0.1, 0.15) is 47.2 Å². The Morgan fingerprint density at radius 3 is 2.35 bits per heavy atom. The zero-order valence-electron chi connectivity index (χ0n) is 17.4. The van der Waals surface area contributed by atoms with Crippen LogP contribution in [-0.2, 0) is 6.42 Å². The molecule has 0 bridgehead atoms. The van der Waals surface area contributed by atoms with Crippen LogP contribution in [0.3, 0.4) is 0 Å². The van der Waals surface area contributed by atoms with E-state index in [2.05, 4.69) is 17.4 Å². The van der Waals surface area contributed by atoms with Crippen LogP contribution in [0.5, 0.6) is 0 Å². The van der Waals surface area contributed by atoms with Gasteiger partial charge in [0.25, 0.3) is 5.91 Å². The molecule has 4 N–H and O–H groups in total. The maximum atomic E-state index is 12.0. The van der Waals surface area contributed by atoms with E-state index in [1.807, 2.05) is 48.5 Å². The Balaban J connectivity index is 1.67. The predicted molar refractivity (Wildman–Crippen MR) is 127 cm³/mol. The van der Waals surface area contributed by atoms with Gasteiger partial charge in [-0.05, 0) is 72.6 Å². The van der Waals surface area contributed by atoms with Gasteiger partial charge in [0.1, 0.15) is 0 Å². The van der Waals surface area contributed by atoms with Crippen molar-refractivity contribution in [2.24, 2.45) is 5.73 Å². The summed E-state index contributed by atoms with van der Waals surface area (Å²) in [6, 6.07) is 22.1. The molecular weight excluding hydrogens is 408 g/mol. The lowest BCUT2D eigenvalue weighted by Crippen LogP contribution is -2.29. The van der Waals surface area contributed by atoms with Crippen molar-refractivity contribution >= 4 is 23.2 Å². The van der Waals surface area contributed by atoms with E-state index in [1.165, 1.54) is 0 Å². The summed E-state index contributed by atoms with van der Waals surface area (Å²) in [5.74, 6) is -0.450.